The molecule has 0 spiro atoms. The van der Waals surface area contributed by atoms with Crippen molar-refractivity contribution in [3.63, 3.8) is 0 Å². The number of halogens is 1. The first-order valence-electron chi connectivity index (χ1n) is 10.7. The summed E-state index contributed by atoms with van der Waals surface area (Å²) in [7, 11) is 1.61. The molecular weight excluding hydrogens is 454 g/mol. The summed E-state index contributed by atoms with van der Waals surface area (Å²) in [6, 6.07) is 14.9. The maximum atomic E-state index is 12.8. The number of aryl methyl sites for hydroxylation is 1. The van der Waals surface area contributed by atoms with Gasteiger partial charge in [0, 0.05) is 44.9 Å². The minimum absolute atomic E-state index is 0.180. The van der Waals surface area contributed by atoms with E-state index in [1.165, 1.54) is 0 Å². The minimum atomic E-state index is -0.263. The SMILES string of the molecule is COc1c(/C(C)=C/C(=O)Nc2ccc3c(c2)OCO3)cc2c(-c3ccc(Cl)cc3)coc2c1C. The fourth-order valence-electron chi connectivity index (χ4n) is 4.15. The van der Waals surface area contributed by atoms with Gasteiger partial charge in [0.2, 0.25) is 12.7 Å². The van der Waals surface area contributed by atoms with E-state index >= 15 is 0 Å². The lowest BCUT2D eigenvalue weighted by Crippen LogP contribution is -2.08. The molecule has 34 heavy (non-hydrogen) atoms. The molecule has 0 atom stereocenters. The number of furan rings is 1. The third-order valence-electron chi connectivity index (χ3n) is 5.82. The van der Waals surface area contributed by atoms with Gasteiger partial charge in [0.25, 0.3) is 0 Å². The summed E-state index contributed by atoms with van der Waals surface area (Å²) in [6.07, 6.45) is 3.28. The summed E-state index contributed by atoms with van der Waals surface area (Å²) in [5.41, 5.74) is 5.71. The highest BCUT2D eigenvalue weighted by Gasteiger charge is 2.19. The molecule has 0 aliphatic carbocycles. The van der Waals surface area contributed by atoms with Crippen LogP contribution in [0.25, 0.3) is 27.7 Å². The summed E-state index contributed by atoms with van der Waals surface area (Å²) < 4.78 is 22.3. The molecule has 172 valence electrons. The van der Waals surface area contributed by atoms with E-state index in [9.17, 15) is 4.79 Å². The molecule has 2 heterocycles. The van der Waals surface area contributed by atoms with Gasteiger partial charge in [-0.15, -0.1) is 0 Å². The van der Waals surface area contributed by atoms with E-state index in [2.05, 4.69) is 5.32 Å². The lowest BCUT2D eigenvalue weighted by Gasteiger charge is -2.13. The molecule has 5 rings (SSSR count). The van der Waals surface area contributed by atoms with Gasteiger partial charge in [0.05, 0.1) is 13.4 Å². The van der Waals surface area contributed by atoms with Crippen LogP contribution in [-0.4, -0.2) is 19.8 Å². The van der Waals surface area contributed by atoms with Gasteiger partial charge in [-0.1, -0.05) is 23.7 Å². The molecular formula is C27H22ClNO5. The van der Waals surface area contributed by atoms with E-state index in [0.717, 1.165) is 38.8 Å². The fourth-order valence-corrected chi connectivity index (χ4v) is 4.28. The highest BCUT2D eigenvalue weighted by Crippen LogP contribution is 2.41. The van der Waals surface area contributed by atoms with E-state index in [1.54, 1.807) is 37.6 Å². The third-order valence-corrected chi connectivity index (χ3v) is 6.07. The number of ether oxygens (including phenoxy) is 3. The van der Waals surface area contributed by atoms with Crippen LogP contribution in [0.15, 0.2) is 65.3 Å². The number of methoxy groups -OCH3 is 1. The van der Waals surface area contributed by atoms with Crippen LogP contribution in [0.1, 0.15) is 18.1 Å². The smallest absolute Gasteiger partial charge is 0.248 e. The van der Waals surface area contributed by atoms with Crippen molar-refractivity contribution in [1.29, 1.82) is 0 Å². The minimum Gasteiger partial charge on any atom is -0.496 e. The first-order chi connectivity index (χ1) is 16.4. The van der Waals surface area contributed by atoms with Gasteiger partial charge in [0.15, 0.2) is 11.5 Å². The van der Waals surface area contributed by atoms with E-state index in [4.69, 9.17) is 30.2 Å². The highest BCUT2D eigenvalue weighted by atomic mass is 35.5. The number of amides is 1. The van der Waals surface area contributed by atoms with Crippen LogP contribution < -0.4 is 19.5 Å². The van der Waals surface area contributed by atoms with Crippen molar-refractivity contribution in [2.24, 2.45) is 0 Å². The van der Waals surface area contributed by atoms with Crippen LogP contribution in [0, 0.1) is 6.92 Å². The molecule has 6 nitrogen and oxygen atoms in total. The Labute approximate surface area is 201 Å². The molecule has 4 aromatic rings. The number of rotatable bonds is 5. The zero-order chi connectivity index (χ0) is 23.8. The molecule has 1 aliphatic rings. The molecule has 3 aromatic carbocycles. The Bertz CT molecular complexity index is 1440. The Morgan fingerprint density at radius 1 is 1.09 bits per heavy atom. The van der Waals surface area contributed by atoms with Crippen molar-refractivity contribution >= 4 is 39.7 Å². The lowest BCUT2D eigenvalue weighted by molar-refractivity contribution is -0.111. The molecule has 1 N–H and O–H groups in total. The van der Waals surface area contributed by atoms with Gasteiger partial charge in [0.1, 0.15) is 11.3 Å². The van der Waals surface area contributed by atoms with E-state index < -0.39 is 0 Å². The number of allylic oxidation sites excluding steroid dienone is 1. The van der Waals surface area contributed by atoms with E-state index in [0.29, 0.717) is 28.0 Å². The van der Waals surface area contributed by atoms with E-state index in [-0.39, 0.29) is 12.7 Å². The maximum Gasteiger partial charge on any atom is 0.248 e. The Kier molecular flexibility index (Phi) is 5.67. The molecule has 0 unspecified atom stereocenters. The molecule has 0 saturated carbocycles. The summed E-state index contributed by atoms with van der Waals surface area (Å²) in [6.45, 7) is 4.00. The molecule has 1 amide bonds. The largest absolute Gasteiger partial charge is 0.496 e. The van der Waals surface area contributed by atoms with Crippen molar-refractivity contribution in [3.8, 4) is 28.4 Å². The van der Waals surface area contributed by atoms with Gasteiger partial charge in [-0.05, 0) is 55.3 Å². The van der Waals surface area contributed by atoms with Crippen LogP contribution in [0.2, 0.25) is 5.02 Å². The van der Waals surface area contributed by atoms with Gasteiger partial charge in [-0.3, -0.25) is 4.79 Å². The fraction of sp³-hybridized carbons (Fsp3) is 0.148. The van der Waals surface area contributed by atoms with Crippen molar-refractivity contribution in [3.05, 3.63) is 77.0 Å². The summed E-state index contributed by atoms with van der Waals surface area (Å²) in [4.78, 5) is 12.8. The number of fused-ring (bicyclic) bond motifs is 2. The molecule has 1 aliphatic heterocycles. The van der Waals surface area contributed by atoms with Crippen LogP contribution in [0.3, 0.4) is 0 Å². The quantitative estimate of drug-likeness (QED) is 0.320. The molecule has 7 heteroatoms. The number of benzene rings is 3. The van der Waals surface area contributed by atoms with Crippen molar-refractivity contribution in [2.45, 2.75) is 13.8 Å². The topological polar surface area (TPSA) is 69.9 Å². The zero-order valence-electron chi connectivity index (χ0n) is 18.9. The van der Waals surface area contributed by atoms with Crippen LogP contribution >= 0.6 is 11.6 Å². The molecule has 0 fully saturated rings. The standard InChI is InChI=1S/C27H22ClNO5/c1-15(10-25(30)29-19-8-9-23-24(11-19)34-14-33-23)20-12-21-22(17-4-6-18(28)7-5-17)13-32-27(21)16(2)26(20)31-3/h4-13H,14H2,1-3H3,(H,29,30)/b15-10+. The zero-order valence-corrected chi connectivity index (χ0v) is 19.7. The molecule has 0 radical (unpaired) electrons. The Balaban J connectivity index is 1.51. The second kappa shape index (κ2) is 8.80. The highest BCUT2D eigenvalue weighted by molar-refractivity contribution is 6.30. The number of anilines is 1. The Hall–Kier alpha value is -3.90. The number of hydrogen-bond donors (Lipinski definition) is 1. The van der Waals surface area contributed by atoms with Gasteiger partial charge < -0.3 is 23.9 Å². The van der Waals surface area contributed by atoms with Crippen molar-refractivity contribution in [2.75, 3.05) is 19.2 Å². The summed E-state index contributed by atoms with van der Waals surface area (Å²) in [5, 5.41) is 4.48. The molecule has 0 bridgehead atoms. The van der Waals surface area contributed by atoms with Crippen molar-refractivity contribution < 1.29 is 23.4 Å². The normalized spacial score (nSPS) is 12.8. The first-order valence-corrected chi connectivity index (χ1v) is 11.1. The van der Waals surface area contributed by atoms with E-state index in [1.807, 2.05) is 44.2 Å². The second-order valence-electron chi connectivity index (χ2n) is 8.00. The summed E-state index contributed by atoms with van der Waals surface area (Å²) >= 11 is 6.06. The van der Waals surface area contributed by atoms with Crippen molar-refractivity contribution in [1.82, 2.24) is 0 Å². The average Bonchev–Trinajstić information content (AvgIpc) is 3.46. The third kappa shape index (κ3) is 3.97. The predicted molar refractivity (Wildman–Crippen MR) is 133 cm³/mol. The second-order valence-corrected chi connectivity index (χ2v) is 8.44. The van der Waals surface area contributed by atoms with Crippen LogP contribution in [0.4, 0.5) is 5.69 Å². The van der Waals surface area contributed by atoms with Gasteiger partial charge in [-0.25, -0.2) is 0 Å². The van der Waals surface area contributed by atoms with Crippen LogP contribution in [0.5, 0.6) is 17.2 Å². The van der Waals surface area contributed by atoms with Crippen LogP contribution in [-0.2, 0) is 4.79 Å². The monoisotopic (exact) mass is 475 g/mol. The van der Waals surface area contributed by atoms with Gasteiger partial charge >= 0.3 is 0 Å². The lowest BCUT2D eigenvalue weighted by atomic mass is 9.96. The Morgan fingerprint density at radius 2 is 1.85 bits per heavy atom. The number of nitrogens with one attached hydrogen (secondary N) is 1. The number of hydrogen-bond acceptors (Lipinski definition) is 5. The molecule has 1 aromatic heterocycles. The first kappa shape index (κ1) is 21.9. The van der Waals surface area contributed by atoms with Gasteiger partial charge in [-0.2, -0.15) is 0 Å². The number of carbonyl (C=O) groups is 1. The Morgan fingerprint density at radius 3 is 2.62 bits per heavy atom. The predicted octanol–water partition coefficient (Wildman–Crippen LogP) is 6.84. The average molecular weight is 476 g/mol. The summed E-state index contributed by atoms with van der Waals surface area (Å²) in [5.74, 6) is 1.67. The maximum absolute atomic E-state index is 12.8. The molecule has 0 saturated heterocycles. The number of carbonyl (C=O) groups excluding carboxylic acids is 1.